The highest BCUT2D eigenvalue weighted by atomic mass is 35.5. The molecule has 1 fully saturated rings. The summed E-state index contributed by atoms with van der Waals surface area (Å²) < 4.78 is 0. The Hall–Kier alpha value is -0.400. The maximum absolute atomic E-state index is 6.13. The van der Waals surface area contributed by atoms with Crippen LogP contribution in [0.4, 0.5) is 5.69 Å². The van der Waals surface area contributed by atoms with E-state index in [1.165, 1.54) is 25.7 Å². The lowest BCUT2D eigenvalue weighted by atomic mass is 10.1. The molecule has 0 aliphatic heterocycles. The molecule has 0 bridgehead atoms. The van der Waals surface area contributed by atoms with E-state index in [9.17, 15) is 0 Å². The van der Waals surface area contributed by atoms with Crippen molar-refractivity contribution in [2.24, 2.45) is 5.92 Å². The van der Waals surface area contributed by atoms with E-state index in [0.717, 1.165) is 11.6 Å². The molecule has 88 valence electrons. The molecule has 0 radical (unpaired) electrons. The molecule has 1 saturated carbocycles. The number of halogens is 2. The highest BCUT2D eigenvalue weighted by Crippen LogP contribution is 2.35. The molecule has 1 aromatic carbocycles. The SMILES string of the molecule is CCC1CCC(Nc2c(Cl)cccc2Cl)C1. The largest absolute Gasteiger partial charge is 0.380 e. The van der Waals surface area contributed by atoms with E-state index in [1.807, 2.05) is 18.2 Å². The number of hydrogen-bond donors (Lipinski definition) is 1. The summed E-state index contributed by atoms with van der Waals surface area (Å²) in [7, 11) is 0. The average molecular weight is 258 g/mol. The number of rotatable bonds is 3. The van der Waals surface area contributed by atoms with Crippen molar-refractivity contribution < 1.29 is 0 Å². The predicted molar refractivity (Wildman–Crippen MR) is 71.5 cm³/mol. The Morgan fingerprint density at radius 1 is 1.25 bits per heavy atom. The molecule has 1 N–H and O–H groups in total. The first-order chi connectivity index (χ1) is 7.70. The van der Waals surface area contributed by atoms with Gasteiger partial charge in [0.25, 0.3) is 0 Å². The third-order valence-electron chi connectivity index (χ3n) is 3.43. The van der Waals surface area contributed by atoms with Gasteiger partial charge in [-0.05, 0) is 37.3 Å². The van der Waals surface area contributed by atoms with E-state index in [1.54, 1.807) is 0 Å². The first-order valence-electron chi connectivity index (χ1n) is 5.91. The zero-order chi connectivity index (χ0) is 11.5. The smallest absolute Gasteiger partial charge is 0.0721 e. The molecule has 2 atom stereocenters. The second kappa shape index (κ2) is 5.29. The van der Waals surface area contributed by atoms with Crippen LogP contribution in [0.15, 0.2) is 18.2 Å². The molecule has 0 spiro atoms. The van der Waals surface area contributed by atoms with E-state index in [-0.39, 0.29) is 0 Å². The van der Waals surface area contributed by atoms with Gasteiger partial charge in [0.15, 0.2) is 0 Å². The van der Waals surface area contributed by atoms with Crippen LogP contribution in [0.25, 0.3) is 0 Å². The van der Waals surface area contributed by atoms with E-state index in [0.29, 0.717) is 16.1 Å². The molecule has 1 nitrogen and oxygen atoms in total. The first kappa shape index (κ1) is 12.1. The predicted octanol–water partition coefficient (Wildman–Crippen LogP) is 4.98. The zero-order valence-electron chi connectivity index (χ0n) is 9.47. The summed E-state index contributed by atoms with van der Waals surface area (Å²) in [5.74, 6) is 0.860. The Kier molecular flexibility index (Phi) is 3.99. The topological polar surface area (TPSA) is 12.0 Å². The van der Waals surface area contributed by atoms with Gasteiger partial charge < -0.3 is 5.32 Å². The van der Waals surface area contributed by atoms with Gasteiger partial charge in [-0.3, -0.25) is 0 Å². The quantitative estimate of drug-likeness (QED) is 0.805. The van der Waals surface area contributed by atoms with Crippen molar-refractivity contribution in [1.29, 1.82) is 0 Å². The van der Waals surface area contributed by atoms with Gasteiger partial charge in [-0.15, -0.1) is 0 Å². The van der Waals surface area contributed by atoms with Crippen LogP contribution in [-0.2, 0) is 0 Å². The van der Waals surface area contributed by atoms with Crippen molar-refractivity contribution in [3.8, 4) is 0 Å². The molecule has 16 heavy (non-hydrogen) atoms. The van der Waals surface area contributed by atoms with Gasteiger partial charge in [-0.2, -0.15) is 0 Å². The van der Waals surface area contributed by atoms with Crippen molar-refractivity contribution in [1.82, 2.24) is 0 Å². The fourth-order valence-electron chi connectivity index (χ4n) is 2.42. The van der Waals surface area contributed by atoms with Gasteiger partial charge in [0.05, 0.1) is 15.7 Å². The molecule has 2 unspecified atom stereocenters. The van der Waals surface area contributed by atoms with Crippen LogP contribution in [0.1, 0.15) is 32.6 Å². The Balaban J connectivity index is 2.04. The highest BCUT2D eigenvalue weighted by molar-refractivity contribution is 6.39. The summed E-state index contributed by atoms with van der Waals surface area (Å²) in [6.07, 6.45) is 5.04. The third-order valence-corrected chi connectivity index (χ3v) is 4.06. The van der Waals surface area contributed by atoms with E-state index < -0.39 is 0 Å². The minimum Gasteiger partial charge on any atom is -0.380 e. The fraction of sp³-hybridized carbons (Fsp3) is 0.538. The van der Waals surface area contributed by atoms with Gasteiger partial charge in [-0.1, -0.05) is 42.6 Å². The molecule has 3 heteroatoms. The van der Waals surface area contributed by atoms with Gasteiger partial charge in [0, 0.05) is 6.04 Å². The van der Waals surface area contributed by atoms with Gasteiger partial charge >= 0.3 is 0 Å². The number of benzene rings is 1. The van der Waals surface area contributed by atoms with Crippen LogP contribution in [0, 0.1) is 5.92 Å². The molecule has 1 aliphatic carbocycles. The van der Waals surface area contributed by atoms with Crippen LogP contribution in [0.3, 0.4) is 0 Å². The summed E-state index contributed by atoms with van der Waals surface area (Å²) in [5.41, 5.74) is 0.896. The maximum atomic E-state index is 6.13. The van der Waals surface area contributed by atoms with Crippen molar-refractivity contribution in [2.75, 3.05) is 5.32 Å². The van der Waals surface area contributed by atoms with Crippen molar-refractivity contribution in [3.63, 3.8) is 0 Å². The number of anilines is 1. The molecule has 1 aliphatic rings. The minimum atomic E-state index is 0.530. The summed E-state index contributed by atoms with van der Waals surface area (Å²) in [6, 6.07) is 6.16. The van der Waals surface area contributed by atoms with Gasteiger partial charge in [-0.25, -0.2) is 0 Å². The monoisotopic (exact) mass is 257 g/mol. The molecular formula is C13H17Cl2N. The van der Waals surface area contributed by atoms with E-state index in [4.69, 9.17) is 23.2 Å². The van der Waals surface area contributed by atoms with E-state index in [2.05, 4.69) is 12.2 Å². The minimum absolute atomic E-state index is 0.530. The Morgan fingerprint density at radius 3 is 2.50 bits per heavy atom. The van der Waals surface area contributed by atoms with Crippen LogP contribution in [-0.4, -0.2) is 6.04 Å². The van der Waals surface area contributed by atoms with Crippen LogP contribution < -0.4 is 5.32 Å². The first-order valence-corrected chi connectivity index (χ1v) is 6.66. The standard InChI is InChI=1S/C13H17Cl2N/c1-2-9-6-7-10(8-9)16-13-11(14)4-3-5-12(13)15/h3-5,9-10,16H,2,6-8H2,1H3. The van der Waals surface area contributed by atoms with Crippen molar-refractivity contribution in [3.05, 3.63) is 28.2 Å². The Morgan fingerprint density at radius 2 is 1.94 bits per heavy atom. The normalized spacial score (nSPS) is 24.7. The zero-order valence-corrected chi connectivity index (χ0v) is 11.0. The molecule has 2 rings (SSSR count). The average Bonchev–Trinajstić information content (AvgIpc) is 2.71. The number of hydrogen-bond acceptors (Lipinski definition) is 1. The molecular weight excluding hydrogens is 241 g/mol. The maximum Gasteiger partial charge on any atom is 0.0721 e. The van der Waals surface area contributed by atoms with Gasteiger partial charge in [0.2, 0.25) is 0 Å². The van der Waals surface area contributed by atoms with Gasteiger partial charge in [0.1, 0.15) is 0 Å². The fourth-order valence-corrected chi connectivity index (χ4v) is 2.92. The van der Waals surface area contributed by atoms with Crippen LogP contribution in [0.5, 0.6) is 0 Å². The lowest BCUT2D eigenvalue weighted by molar-refractivity contribution is 0.525. The third kappa shape index (κ3) is 2.64. The lowest BCUT2D eigenvalue weighted by Crippen LogP contribution is -2.16. The summed E-state index contributed by atoms with van der Waals surface area (Å²) in [6.45, 7) is 2.26. The summed E-state index contributed by atoms with van der Waals surface area (Å²) in [5, 5.41) is 4.91. The van der Waals surface area contributed by atoms with Crippen LogP contribution >= 0.6 is 23.2 Å². The van der Waals surface area contributed by atoms with E-state index >= 15 is 0 Å². The van der Waals surface area contributed by atoms with Crippen molar-refractivity contribution >= 4 is 28.9 Å². The summed E-state index contributed by atoms with van der Waals surface area (Å²) >= 11 is 12.3. The second-order valence-corrected chi connectivity index (χ2v) is 5.34. The van der Waals surface area contributed by atoms with Crippen molar-refractivity contribution in [2.45, 2.75) is 38.6 Å². The molecule has 0 saturated heterocycles. The lowest BCUT2D eigenvalue weighted by Gasteiger charge is -2.16. The molecule has 0 amide bonds. The highest BCUT2D eigenvalue weighted by Gasteiger charge is 2.24. The number of nitrogens with one attached hydrogen (secondary N) is 1. The van der Waals surface area contributed by atoms with Crippen LogP contribution in [0.2, 0.25) is 10.0 Å². The number of para-hydroxylation sites is 1. The second-order valence-electron chi connectivity index (χ2n) is 4.53. The molecule has 0 aromatic heterocycles. The molecule has 1 aromatic rings. The summed E-state index contributed by atoms with van der Waals surface area (Å²) in [4.78, 5) is 0. The Bertz CT molecular complexity index is 345. The Labute approximate surface area is 107 Å². The molecule has 0 heterocycles.